The molecule has 0 radical (unpaired) electrons. The van der Waals surface area contributed by atoms with Gasteiger partial charge in [0.15, 0.2) is 0 Å². The van der Waals surface area contributed by atoms with E-state index in [4.69, 9.17) is 22.4 Å². The molecule has 0 aliphatic rings. The van der Waals surface area contributed by atoms with Gasteiger partial charge < -0.3 is 10.8 Å². The van der Waals surface area contributed by atoms with Crippen LogP contribution in [-0.4, -0.2) is 10.3 Å². The molecule has 0 fully saturated rings. The van der Waals surface area contributed by atoms with E-state index in [1.54, 1.807) is 42.5 Å². The van der Waals surface area contributed by atoms with Gasteiger partial charge in [-0.1, -0.05) is 24.3 Å². The van der Waals surface area contributed by atoms with Gasteiger partial charge in [-0.15, -0.1) is 0 Å². The number of aromatic hydroxyl groups is 1. The van der Waals surface area contributed by atoms with Crippen molar-refractivity contribution >= 4 is 36.0 Å². The van der Waals surface area contributed by atoms with Crippen LogP contribution in [0.2, 0.25) is 0 Å². The molecule has 3 nitrogen and oxygen atoms in total. The van der Waals surface area contributed by atoms with Crippen LogP contribution in [0.1, 0.15) is 10.4 Å². The summed E-state index contributed by atoms with van der Waals surface area (Å²) in [6.07, 6.45) is 0. The van der Waals surface area contributed by atoms with E-state index >= 15 is 0 Å². The van der Waals surface area contributed by atoms with Crippen LogP contribution in [-0.2, 0) is 0 Å². The second kappa shape index (κ2) is 8.44. The summed E-state index contributed by atoms with van der Waals surface area (Å²) < 4.78 is 0. The summed E-state index contributed by atoms with van der Waals surface area (Å²) in [5.74, 6) is 0.322. The summed E-state index contributed by atoms with van der Waals surface area (Å²) in [5.41, 5.74) is 6.37. The van der Waals surface area contributed by atoms with Gasteiger partial charge in [0.25, 0.3) is 5.24 Å². The van der Waals surface area contributed by atoms with Crippen LogP contribution in [0.5, 0.6) is 5.75 Å². The second-order valence-corrected chi connectivity index (χ2v) is 3.58. The van der Waals surface area contributed by atoms with Crippen LogP contribution >= 0.6 is 25.1 Å². The average molecular weight is 284 g/mol. The third kappa shape index (κ3) is 6.18. The highest BCUT2D eigenvalue weighted by atomic mass is 35.5. The maximum absolute atomic E-state index is 10.5. The number of hydrogen-bond donors (Lipinski definition) is 2. The van der Waals surface area contributed by atoms with E-state index in [1.165, 1.54) is 6.07 Å². The first-order valence-corrected chi connectivity index (χ1v) is 5.27. The Hall–Kier alpha value is -1.65. The van der Waals surface area contributed by atoms with Crippen molar-refractivity contribution in [3.05, 3.63) is 60.2 Å². The lowest BCUT2D eigenvalue weighted by Crippen LogP contribution is -1.90. The van der Waals surface area contributed by atoms with E-state index < -0.39 is 5.24 Å². The molecule has 0 heterocycles. The number of nitrogen functional groups attached to an aromatic ring is 1. The number of para-hydroxylation sites is 1. The SMILES string of the molecule is Nc1cccc(C(=O)Cl)c1.Oc1ccccc1.S. The Balaban J connectivity index is 0.000000321. The Kier molecular flexibility index (Phi) is 7.67. The summed E-state index contributed by atoms with van der Waals surface area (Å²) >= 11 is 5.18. The van der Waals surface area contributed by atoms with Crippen LogP contribution in [0.4, 0.5) is 5.69 Å². The van der Waals surface area contributed by atoms with Crippen molar-refractivity contribution in [3.8, 4) is 5.75 Å². The third-order valence-electron chi connectivity index (χ3n) is 1.87. The Morgan fingerprint density at radius 2 is 1.67 bits per heavy atom. The van der Waals surface area contributed by atoms with Gasteiger partial charge in [0, 0.05) is 11.3 Å². The van der Waals surface area contributed by atoms with Crippen molar-refractivity contribution in [2.45, 2.75) is 0 Å². The number of carbonyl (C=O) groups is 1. The zero-order chi connectivity index (χ0) is 12.7. The molecular weight excluding hydrogens is 270 g/mol. The molecule has 96 valence electrons. The molecule has 0 bridgehead atoms. The molecule has 0 saturated carbocycles. The zero-order valence-corrected chi connectivity index (χ0v) is 11.3. The number of rotatable bonds is 1. The van der Waals surface area contributed by atoms with Gasteiger partial charge in [-0.25, -0.2) is 0 Å². The Bertz CT molecular complexity index is 491. The third-order valence-corrected chi connectivity index (χ3v) is 2.09. The zero-order valence-electron chi connectivity index (χ0n) is 9.51. The fraction of sp³-hybridized carbons (Fsp3) is 0. The predicted molar refractivity (Wildman–Crippen MR) is 79.5 cm³/mol. The van der Waals surface area contributed by atoms with Crippen molar-refractivity contribution in [3.63, 3.8) is 0 Å². The maximum atomic E-state index is 10.5. The van der Waals surface area contributed by atoms with E-state index in [9.17, 15) is 4.79 Å². The van der Waals surface area contributed by atoms with Gasteiger partial charge in [0.1, 0.15) is 5.75 Å². The normalized spacial score (nSPS) is 8.50. The number of carbonyl (C=O) groups excluding carboxylic acids is 1. The topological polar surface area (TPSA) is 63.3 Å². The number of anilines is 1. The van der Waals surface area contributed by atoms with E-state index in [-0.39, 0.29) is 13.5 Å². The average Bonchev–Trinajstić information content (AvgIpc) is 2.31. The fourth-order valence-electron chi connectivity index (χ4n) is 1.09. The van der Waals surface area contributed by atoms with Gasteiger partial charge in [-0.2, -0.15) is 13.5 Å². The van der Waals surface area contributed by atoms with Crippen LogP contribution < -0.4 is 5.73 Å². The van der Waals surface area contributed by atoms with Crippen molar-refractivity contribution < 1.29 is 9.90 Å². The molecule has 0 amide bonds. The number of nitrogens with two attached hydrogens (primary N) is 1. The quantitative estimate of drug-likeness (QED) is 0.624. The highest BCUT2D eigenvalue weighted by Gasteiger charge is 1.98. The lowest BCUT2D eigenvalue weighted by atomic mass is 10.2. The molecule has 0 saturated heterocycles. The molecule has 2 rings (SSSR count). The van der Waals surface area contributed by atoms with E-state index in [0.717, 1.165) is 0 Å². The largest absolute Gasteiger partial charge is 0.508 e. The lowest BCUT2D eigenvalue weighted by Gasteiger charge is -1.93. The van der Waals surface area contributed by atoms with Gasteiger partial charge in [0.05, 0.1) is 0 Å². The highest BCUT2D eigenvalue weighted by molar-refractivity contribution is 7.59. The maximum Gasteiger partial charge on any atom is 0.252 e. The number of halogens is 1. The molecular formula is C13H14ClNO2S. The summed E-state index contributed by atoms with van der Waals surface area (Å²) in [4.78, 5) is 10.5. The van der Waals surface area contributed by atoms with Gasteiger partial charge in [-0.3, -0.25) is 4.79 Å². The number of hydrogen-bond acceptors (Lipinski definition) is 3. The van der Waals surface area contributed by atoms with Crippen LogP contribution in [0, 0.1) is 0 Å². The minimum absolute atomic E-state index is 0. The Labute approximate surface area is 118 Å². The number of phenolic OH excluding ortho intramolecular Hbond substituents is 1. The van der Waals surface area contributed by atoms with E-state index in [1.807, 2.05) is 6.07 Å². The predicted octanol–water partition coefficient (Wildman–Crippen LogP) is 3.15. The first-order valence-electron chi connectivity index (χ1n) is 4.89. The molecule has 0 atom stereocenters. The first kappa shape index (κ1) is 16.4. The lowest BCUT2D eigenvalue weighted by molar-refractivity contribution is 0.108. The molecule has 0 aromatic heterocycles. The van der Waals surface area contributed by atoms with Crippen molar-refractivity contribution in [1.29, 1.82) is 0 Å². The molecule has 0 unspecified atom stereocenters. The standard InChI is InChI=1S/C7H6ClNO.C6H6O.H2S/c8-7(10)5-2-1-3-6(9)4-5;7-6-4-2-1-3-5-6;/h1-4H,9H2;1-5,7H;1H2. The second-order valence-electron chi connectivity index (χ2n) is 3.23. The van der Waals surface area contributed by atoms with Gasteiger partial charge in [-0.05, 0) is 41.9 Å². The summed E-state index contributed by atoms with van der Waals surface area (Å²) in [7, 11) is 0. The smallest absolute Gasteiger partial charge is 0.252 e. The van der Waals surface area contributed by atoms with Gasteiger partial charge in [0.2, 0.25) is 0 Å². The fourth-order valence-corrected chi connectivity index (χ4v) is 1.21. The molecule has 0 aliphatic carbocycles. The molecule has 0 aliphatic heterocycles. The summed E-state index contributed by atoms with van der Waals surface area (Å²) in [5, 5.41) is 8.15. The van der Waals surface area contributed by atoms with Crippen LogP contribution in [0.25, 0.3) is 0 Å². The number of benzene rings is 2. The van der Waals surface area contributed by atoms with Crippen LogP contribution in [0.3, 0.4) is 0 Å². The Morgan fingerprint density at radius 1 is 1.06 bits per heavy atom. The Morgan fingerprint density at radius 3 is 2.00 bits per heavy atom. The first-order chi connectivity index (χ1) is 8.09. The van der Waals surface area contributed by atoms with Crippen molar-refractivity contribution in [2.24, 2.45) is 0 Å². The summed E-state index contributed by atoms with van der Waals surface area (Å²) in [6, 6.07) is 15.2. The number of phenols is 1. The monoisotopic (exact) mass is 283 g/mol. The molecule has 3 N–H and O–H groups in total. The molecule has 18 heavy (non-hydrogen) atoms. The molecule has 5 heteroatoms. The van der Waals surface area contributed by atoms with E-state index in [0.29, 0.717) is 17.0 Å². The van der Waals surface area contributed by atoms with Crippen LogP contribution in [0.15, 0.2) is 54.6 Å². The van der Waals surface area contributed by atoms with Crippen molar-refractivity contribution in [1.82, 2.24) is 0 Å². The van der Waals surface area contributed by atoms with E-state index in [2.05, 4.69) is 0 Å². The van der Waals surface area contributed by atoms with Crippen molar-refractivity contribution in [2.75, 3.05) is 5.73 Å². The summed E-state index contributed by atoms with van der Waals surface area (Å²) in [6.45, 7) is 0. The minimum atomic E-state index is -0.479. The molecule has 0 spiro atoms. The van der Waals surface area contributed by atoms with Gasteiger partial charge >= 0.3 is 0 Å². The molecule has 2 aromatic rings. The highest BCUT2D eigenvalue weighted by Crippen LogP contribution is 2.08. The minimum Gasteiger partial charge on any atom is -0.508 e. The molecule has 2 aromatic carbocycles.